The van der Waals surface area contributed by atoms with E-state index in [4.69, 9.17) is 9.47 Å². The number of hydrogen-bond donors (Lipinski definition) is 0. The van der Waals surface area contributed by atoms with Crippen LogP contribution in [0.25, 0.3) is 0 Å². The molecule has 0 amide bonds. The van der Waals surface area contributed by atoms with Gasteiger partial charge in [-0.3, -0.25) is 14.0 Å². The van der Waals surface area contributed by atoms with Crippen LogP contribution in [0, 0.1) is 0 Å². The lowest BCUT2D eigenvalue weighted by Gasteiger charge is -2.24. The molecule has 2 aromatic rings. The Labute approximate surface area is 173 Å². The van der Waals surface area contributed by atoms with Gasteiger partial charge in [-0.1, -0.05) is 6.92 Å². The number of nitrogens with zero attached hydrogens (tertiary/aromatic N) is 3. The fraction of sp³-hybridized carbons (Fsp3) is 0.545. The van der Waals surface area contributed by atoms with Gasteiger partial charge >= 0.3 is 12.2 Å². The van der Waals surface area contributed by atoms with Crippen LogP contribution in [0.1, 0.15) is 59.9 Å². The van der Waals surface area contributed by atoms with Gasteiger partial charge in [-0.15, -0.1) is 0 Å². The molecule has 0 aliphatic carbocycles. The highest BCUT2D eigenvalue weighted by molar-refractivity contribution is 5.72. The Morgan fingerprint density at radius 3 is 1.52 bits per heavy atom. The summed E-state index contributed by atoms with van der Waals surface area (Å²) >= 11 is 0. The van der Waals surface area contributed by atoms with Crippen LogP contribution >= 0.6 is 0 Å². The van der Waals surface area contributed by atoms with Gasteiger partial charge in [0.2, 0.25) is 0 Å². The summed E-state index contributed by atoms with van der Waals surface area (Å²) in [6, 6.07) is 7.46. The van der Waals surface area contributed by atoms with Crippen LogP contribution in [0.2, 0.25) is 0 Å². The molecular formula is C22H33N3O4. The average Bonchev–Trinajstić information content (AvgIpc) is 3.20. The van der Waals surface area contributed by atoms with Gasteiger partial charge in [0.15, 0.2) is 0 Å². The zero-order valence-electron chi connectivity index (χ0n) is 18.6. The van der Waals surface area contributed by atoms with Crippen molar-refractivity contribution in [3.63, 3.8) is 0 Å². The molecule has 0 unspecified atom stereocenters. The van der Waals surface area contributed by atoms with Crippen molar-refractivity contribution in [2.24, 2.45) is 0 Å². The molecule has 2 aromatic heterocycles. The van der Waals surface area contributed by atoms with Crippen LogP contribution < -0.4 is 0 Å². The third-order valence-electron chi connectivity index (χ3n) is 4.07. The molecule has 2 heterocycles. The largest absolute Gasteiger partial charge is 0.443 e. The van der Waals surface area contributed by atoms with Gasteiger partial charge in [0.25, 0.3) is 0 Å². The van der Waals surface area contributed by atoms with Gasteiger partial charge in [-0.2, -0.15) is 0 Å². The van der Waals surface area contributed by atoms with E-state index in [1.165, 1.54) is 9.13 Å². The Bertz CT molecular complexity index is 769. The second-order valence-electron chi connectivity index (χ2n) is 9.00. The highest BCUT2D eigenvalue weighted by atomic mass is 16.6. The van der Waals surface area contributed by atoms with Gasteiger partial charge in [-0.25, -0.2) is 9.59 Å². The highest BCUT2D eigenvalue weighted by Crippen LogP contribution is 2.16. The molecule has 0 N–H and O–H groups in total. The maximum absolute atomic E-state index is 12.5. The number of carbonyl (C=O) groups is 2. The van der Waals surface area contributed by atoms with Gasteiger partial charge in [0, 0.05) is 36.9 Å². The van der Waals surface area contributed by atoms with E-state index in [0.29, 0.717) is 13.1 Å². The zero-order valence-corrected chi connectivity index (χ0v) is 18.6. The molecule has 7 nitrogen and oxygen atoms in total. The van der Waals surface area contributed by atoms with E-state index in [0.717, 1.165) is 17.9 Å². The summed E-state index contributed by atoms with van der Waals surface area (Å²) in [5.41, 5.74) is 0.544. The summed E-state index contributed by atoms with van der Waals surface area (Å²) in [5, 5.41) is 0. The molecule has 29 heavy (non-hydrogen) atoms. The molecule has 0 saturated carbocycles. The summed E-state index contributed by atoms with van der Waals surface area (Å²) in [4.78, 5) is 27.1. The summed E-state index contributed by atoms with van der Waals surface area (Å²) in [7, 11) is 0. The molecule has 0 atom stereocenters. The van der Waals surface area contributed by atoms with E-state index < -0.39 is 23.4 Å². The predicted molar refractivity (Wildman–Crippen MR) is 112 cm³/mol. The molecule has 0 radical (unpaired) electrons. The van der Waals surface area contributed by atoms with Gasteiger partial charge in [-0.05, 0) is 72.4 Å². The first kappa shape index (κ1) is 22.7. The van der Waals surface area contributed by atoms with Crippen molar-refractivity contribution in [3.05, 3.63) is 48.0 Å². The lowest BCUT2D eigenvalue weighted by atomic mass is 10.2. The first-order chi connectivity index (χ1) is 13.4. The number of carbonyl (C=O) groups excluding carboxylic acids is 2. The minimum absolute atomic E-state index is 0.398. The van der Waals surface area contributed by atoms with Crippen LogP contribution in [0.3, 0.4) is 0 Å². The maximum atomic E-state index is 12.5. The van der Waals surface area contributed by atoms with Gasteiger partial charge in [0.1, 0.15) is 11.2 Å². The molecule has 0 aliphatic rings. The summed E-state index contributed by atoms with van der Waals surface area (Å²) in [6.07, 6.45) is 2.62. The Morgan fingerprint density at radius 2 is 1.21 bits per heavy atom. The Hall–Kier alpha value is -2.54. The number of rotatable bonds is 5. The van der Waals surface area contributed by atoms with Crippen LogP contribution in [0.4, 0.5) is 9.59 Å². The van der Waals surface area contributed by atoms with Crippen LogP contribution in [0.15, 0.2) is 36.7 Å². The van der Waals surface area contributed by atoms with Crippen LogP contribution in [-0.2, 0) is 22.6 Å². The van der Waals surface area contributed by atoms with E-state index in [1.807, 2.05) is 72.7 Å². The molecule has 160 valence electrons. The van der Waals surface area contributed by atoms with Gasteiger partial charge in [0.05, 0.1) is 0 Å². The lowest BCUT2D eigenvalue weighted by Crippen LogP contribution is -2.31. The van der Waals surface area contributed by atoms with Crippen molar-refractivity contribution in [3.8, 4) is 0 Å². The van der Waals surface area contributed by atoms with E-state index in [1.54, 1.807) is 12.4 Å². The maximum Gasteiger partial charge on any atom is 0.418 e. The third kappa shape index (κ3) is 6.78. The SMILES string of the molecule is CCN(Cc1cccn1C(=O)OC(C)(C)C)Cc1cccn1C(=O)OC(C)(C)C. The van der Waals surface area contributed by atoms with Crippen molar-refractivity contribution in [2.75, 3.05) is 6.54 Å². The van der Waals surface area contributed by atoms with Crippen molar-refractivity contribution < 1.29 is 19.1 Å². The fourth-order valence-electron chi connectivity index (χ4n) is 2.81. The number of aromatic nitrogens is 2. The molecule has 0 bridgehead atoms. The Balaban J connectivity index is 2.12. The van der Waals surface area contributed by atoms with Crippen molar-refractivity contribution >= 4 is 12.2 Å². The third-order valence-corrected chi connectivity index (χ3v) is 4.07. The first-order valence-electron chi connectivity index (χ1n) is 9.91. The van der Waals surface area contributed by atoms with Gasteiger partial charge < -0.3 is 9.47 Å². The molecule has 2 rings (SSSR count). The molecule has 0 spiro atoms. The monoisotopic (exact) mass is 403 g/mol. The second kappa shape index (κ2) is 8.86. The molecular weight excluding hydrogens is 370 g/mol. The summed E-state index contributed by atoms with van der Waals surface area (Å²) in [6.45, 7) is 14.9. The first-order valence-corrected chi connectivity index (χ1v) is 9.91. The van der Waals surface area contributed by atoms with E-state index in [2.05, 4.69) is 4.90 Å². The van der Waals surface area contributed by atoms with Crippen LogP contribution in [-0.4, -0.2) is 44.0 Å². The van der Waals surface area contributed by atoms with Crippen LogP contribution in [0.5, 0.6) is 0 Å². The minimum atomic E-state index is -0.558. The predicted octanol–water partition coefficient (Wildman–Crippen LogP) is 4.88. The van der Waals surface area contributed by atoms with Crippen molar-refractivity contribution in [1.29, 1.82) is 0 Å². The smallest absolute Gasteiger partial charge is 0.418 e. The average molecular weight is 404 g/mol. The summed E-state index contributed by atoms with van der Waals surface area (Å²) < 4.78 is 14.0. The fourth-order valence-corrected chi connectivity index (χ4v) is 2.81. The Kier molecular flexibility index (Phi) is 6.95. The Morgan fingerprint density at radius 1 is 0.828 bits per heavy atom. The molecule has 0 fully saturated rings. The molecule has 7 heteroatoms. The quantitative estimate of drug-likeness (QED) is 0.712. The minimum Gasteiger partial charge on any atom is -0.443 e. The number of ether oxygens (including phenoxy) is 2. The lowest BCUT2D eigenvalue weighted by molar-refractivity contribution is 0.0523. The summed E-state index contributed by atoms with van der Waals surface area (Å²) in [5.74, 6) is 0. The highest BCUT2D eigenvalue weighted by Gasteiger charge is 2.22. The van der Waals surface area contributed by atoms with E-state index in [-0.39, 0.29) is 0 Å². The van der Waals surface area contributed by atoms with Crippen molar-refractivity contribution in [2.45, 2.75) is 72.8 Å². The van der Waals surface area contributed by atoms with E-state index >= 15 is 0 Å². The topological polar surface area (TPSA) is 65.7 Å². The zero-order chi connectivity index (χ0) is 21.8. The normalized spacial score (nSPS) is 12.3. The number of hydrogen-bond acceptors (Lipinski definition) is 5. The molecule has 0 aliphatic heterocycles. The molecule has 0 saturated heterocycles. The van der Waals surface area contributed by atoms with Crippen molar-refractivity contribution in [1.82, 2.24) is 14.0 Å². The standard InChI is InChI=1S/C22H33N3O4/c1-8-23(15-17-11-9-13-24(17)19(26)28-21(2,3)4)16-18-12-10-14-25(18)20(27)29-22(5,6)7/h9-14H,8,15-16H2,1-7H3. The molecule has 0 aromatic carbocycles. The second-order valence-corrected chi connectivity index (χ2v) is 9.00. The van der Waals surface area contributed by atoms with E-state index in [9.17, 15) is 9.59 Å².